The van der Waals surface area contributed by atoms with Gasteiger partial charge in [0.05, 0.1) is 0 Å². The van der Waals surface area contributed by atoms with Crippen LogP contribution in [0.25, 0.3) is 0 Å². The van der Waals surface area contributed by atoms with Crippen molar-refractivity contribution in [2.45, 2.75) is 0 Å². The molecule has 1 rings (SSSR count). The first-order valence-corrected chi connectivity index (χ1v) is 5.38. The number of halogens is 1. The first-order valence-electron chi connectivity index (χ1n) is 4.58. The lowest BCUT2D eigenvalue weighted by atomic mass is 10.2. The van der Waals surface area contributed by atoms with Crippen molar-refractivity contribution in [2.75, 3.05) is 6.61 Å². The zero-order chi connectivity index (χ0) is 11.1. The summed E-state index contributed by atoms with van der Waals surface area (Å²) in [7, 11) is 0. The first kappa shape index (κ1) is 11.8. The maximum Gasteiger partial charge on any atom is 0.119 e. The minimum atomic E-state index is 0.511. The van der Waals surface area contributed by atoms with Crippen molar-refractivity contribution >= 4 is 15.9 Å². The van der Waals surface area contributed by atoms with Gasteiger partial charge in [-0.1, -0.05) is 47.3 Å². The van der Waals surface area contributed by atoms with E-state index < -0.39 is 0 Å². The van der Waals surface area contributed by atoms with Gasteiger partial charge in [0.15, 0.2) is 0 Å². The highest BCUT2D eigenvalue weighted by atomic mass is 79.9. The zero-order valence-corrected chi connectivity index (χ0v) is 10.0. The van der Waals surface area contributed by atoms with Gasteiger partial charge in [-0.05, 0) is 29.8 Å². The van der Waals surface area contributed by atoms with Gasteiger partial charge in [0.2, 0.25) is 0 Å². The predicted molar refractivity (Wildman–Crippen MR) is 68.1 cm³/mol. The number of allylic oxidation sites excluding steroid dienone is 2. The minimum Gasteiger partial charge on any atom is -0.489 e. The molecule has 0 aliphatic rings. The molecule has 0 fully saturated rings. The Hall–Kier alpha value is -1.28. The molecular formula is C13H13BrO. The molecular weight excluding hydrogens is 252 g/mol. The Morgan fingerprint density at radius 3 is 2.47 bits per heavy atom. The molecule has 0 radical (unpaired) electrons. The average molecular weight is 265 g/mol. The van der Waals surface area contributed by atoms with Gasteiger partial charge in [-0.15, -0.1) is 0 Å². The second kappa shape index (κ2) is 6.25. The van der Waals surface area contributed by atoms with Crippen LogP contribution in [0.15, 0.2) is 65.7 Å². The maximum atomic E-state index is 5.56. The number of hydrogen-bond acceptors (Lipinski definition) is 1. The molecule has 0 N–H and O–H groups in total. The summed E-state index contributed by atoms with van der Waals surface area (Å²) in [5.74, 6) is 0.843. The molecule has 0 aromatic heterocycles. The number of benzene rings is 1. The molecule has 1 aromatic rings. The van der Waals surface area contributed by atoms with Crippen molar-refractivity contribution in [1.29, 1.82) is 0 Å². The van der Waals surface area contributed by atoms with E-state index in [2.05, 4.69) is 29.1 Å². The largest absolute Gasteiger partial charge is 0.489 e. The van der Waals surface area contributed by atoms with Gasteiger partial charge in [0, 0.05) is 4.47 Å². The summed E-state index contributed by atoms with van der Waals surface area (Å²) in [6.45, 7) is 7.84. The molecule has 1 aromatic carbocycles. The molecule has 0 spiro atoms. The fraction of sp³-hybridized carbons (Fsp3) is 0.0769. The normalized spacial score (nSPS) is 10.9. The van der Waals surface area contributed by atoms with Gasteiger partial charge in [0.1, 0.15) is 12.4 Å². The van der Waals surface area contributed by atoms with Gasteiger partial charge in [-0.2, -0.15) is 0 Å². The molecule has 0 bridgehead atoms. The van der Waals surface area contributed by atoms with E-state index in [1.54, 1.807) is 12.2 Å². The van der Waals surface area contributed by atoms with E-state index in [1.165, 1.54) is 0 Å². The molecule has 0 atom stereocenters. The van der Waals surface area contributed by atoms with Gasteiger partial charge in [-0.3, -0.25) is 0 Å². The van der Waals surface area contributed by atoms with E-state index >= 15 is 0 Å². The van der Waals surface area contributed by atoms with Gasteiger partial charge in [-0.25, -0.2) is 0 Å². The lowest BCUT2D eigenvalue weighted by Gasteiger charge is -2.06. The van der Waals surface area contributed by atoms with E-state index in [1.807, 2.05) is 30.3 Å². The molecule has 78 valence electrons. The second-order valence-corrected chi connectivity index (χ2v) is 3.84. The molecule has 0 amide bonds. The third-order valence-corrected chi connectivity index (χ3v) is 2.34. The monoisotopic (exact) mass is 264 g/mol. The van der Waals surface area contributed by atoms with Crippen LogP contribution in [0.1, 0.15) is 0 Å². The summed E-state index contributed by atoms with van der Waals surface area (Å²) >= 11 is 3.37. The summed E-state index contributed by atoms with van der Waals surface area (Å²) in [5.41, 5.74) is 1.01. The smallest absolute Gasteiger partial charge is 0.119 e. The Labute approximate surface area is 98.9 Å². The second-order valence-electron chi connectivity index (χ2n) is 2.92. The quantitative estimate of drug-likeness (QED) is 0.727. The molecule has 0 heterocycles. The summed E-state index contributed by atoms with van der Waals surface area (Å²) in [6, 6.07) is 7.72. The number of hydrogen-bond donors (Lipinski definition) is 0. The van der Waals surface area contributed by atoms with E-state index in [-0.39, 0.29) is 0 Å². The molecule has 0 saturated carbocycles. The van der Waals surface area contributed by atoms with Gasteiger partial charge < -0.3 is 4.74 Å². The van der Waals surface area contributed by atoms with E-state index in [0.717, 1.165) is 15.8 Å². The Kier molecular flexibility index (Phi) is 4.91. The van der Waals surface area contributed by atoms with Crippen molar-refractivity contribution in [2.24, 2.45) is 0 Å². The van der Waals surface area contributed by atoms with Crippen LogP contribution in [0.5, 0.6) is 5.75 Å². The Morgan fingerprint density at radius 1 is 1.27 bits per heavy atom. The maximum absolute atomic E-state index is 5.56. The molecule has 0 saturated heterocycles. The van der Waals surface area contributed by atoms with E-state index in [4.69, 9.17) is 4.74 Å². The van der Waals surface area contributed by atoms with Gasteiger partial charge >= 0.3 is 0 Å². The van der Waals surface area contributed by atoms with Crippen LogP contribution in [0.4, 0.5) is 0 Å². The van der Waals surface area contributed by atoms with Crippen molar-refractivity contribution in [3.8, 4) is 5.75 Å². The van der Waals surface area contributed by atoms with Crippen LogP contribution in [0, 0.1) is 0 Å². The highest BCUT2D eigenvalue weighted by molar-refractivity contribution is 9.10. The fourth-order valence-electron chi connectivity index (χ4n) is 1.02. The molecule has 0 aliphatic heterocycles. The van der Waals surface area contributed by atoms with Crippen molar-refractivity contribution in [3.63, 3.8) is 0 Å². The molecule has 1 nitrogen and oxygen atoms in total. The topological polar surface area (TPSA) is 9.23 Å². The Morgan fingerprint density at radius 2 is 1.93 bits per heavy atom. The first-order chi connectivity index (χ1) is 7.26. The van der Waals surface area contributed by atoms with Crippen LogP contribution >= 0.6 is 15.9 Å². The molecule has 2 heteroatoms. The summed E-state index contributed by atoms with van der Waals surface area (Å²) in [5, 5.41) is 0. The number of rotatable bonds is 5. The molecule has 0 aliphatic carbocycles. The van der Waals surface area contributed by atoms with Crippen molar-refractivity contribution in [1.82, 2.24) is 0 Å². The zero-order valence-electron chi connectivity index (χ0n) is 8.45. The SMILES string of the molecule is C=C/C=C(\C=C)COc1ccc(Br)cc1. The van der Waals surface area contributed by atoms with Crippen molar-refractivity contribution in [3.05, 3.63) is 65.7 Å². The van der Waals surface area contributed by atoms with Crippen LogP contribution in [0.2, 0.25) is 0 Å². The lowest BCUT2D eigenvalue weighted by molar-refractivity contribution is 0.355. The summed E-state index contributed by atoms with van der Waals surface area (Å²) < 4.78 is 6.60. The lowest BCUT2D eigenvalue weighted by Crippen LogP contribution is -1.98. The summed E-state index contributed by atoms with van der Waals surface area (Å²) in [4.78, 5) is 0. The summed E-state index contributed by atoms with van der Waals surface area (Å²) in [6.07, 6.45) is 5.37. The average Bonchev–Trinajstić information content (AvgIpc) is 2.26. The van der Waals surface area contributed by atoms with E-state index in [0.29, 0.717) is 6.61 Å². The Bertz CT molecular complexity index is 363. The highest BCUT2D eigenvalue weighted by Crippen LogP contribution is 2.16. The Balaban J connectivity index is 2.56. The van der Waals surface area contributed by atoms with Crippen LogP contribution < -0.4 is 4.74 Å². The van der Waals surface area contributed by atoms with Crippen LogP contribution in [-0.2, 0) is 0 Å². The molecule has 0 unspecified atom stereocenters. The van der Waals surface area contributed by atoms with E-state index in [9.17, 15) is 0 Å². The molecule has 15 heavy (non-hydrogen) atoms. The number of ether oxygens (including phenoxy) is 1. The van der Waals surface area contributed by atoms with Crippen LogP contribution in [-0.4, -0.2) is 6.61 Å². The van der Waals surface area contributed by atoms with Crippen LogP contribution in [0.3, 0.4) is 0 Å². The van der Waals surface area contributed by atoms with Crippen molar-refractivity contribution < 1.29 is 4.74 Å². The third kappa shape index (κ3) is 4.17. The fourth-order valence-corrected chi connectivity index (χ4v) is 1.29. The minimum absolute atomic E-state index is 0.511. The van der Waals surface area contributed by atoms with Gasteiger partial charge in [0.25, 0.3) is 0 Å². The third-order valence-electron chi connectivity index (χ3n) is 1.81. The predicted octanol–water partition coefficient (Wildman–Crippen LogP) is 4.13. The highest BCUT2D eigenvalue weighted by Gasteiger charge is 1.95. The standard InChI is InChI=1S/C13H13BrO/c1-3-5-11(4-2)10-15-13-8-6-12(14)7-9-13/h3-9H,1-2,10H2/b11-5+.